The van der Waals surface area contributed by atoms with Crippen molar-refractivity contribution in [1.82, 2.24) is 19.6 Å². The van der Waals surface area contributed by atoms with Crippen molar-refractivity contribution in [3.63, 3.8) is 0 Å². The number of anilines is 2. The van der Waals surface area contributed by atoms with E-state index < -0.39 is 5.82 Å². The molecule has 0 N–H and O–H groups in total. The second-order valence-electron chi connectivity index (χ2n) is 5.26. The van der Waals surface area contributed by atoms with Crippen molar-refractivity contribution in [3.05, 3.63) is 59.4 Å². The van der Waals surface area contributed by atoms with Gasteiger partial charge in [0, 0.05) is 18.1 Å². The molecule has 0 fully saturated rings. The van der Waals surface area contributed by atoms with Crippen molar-refractivity contribution in [2.75, 3.05) is 11.9 Å². The molecule has 8 heteroatoms. The van der Waals surface area contributed by atoms with Gasteiger partial charge in [0.1, 0.15) is 23.8 Å². The first-order valence-electron chi connectivity index (χ1n) is 7.02. The topological polar surface area (TPSA) is 46.3 Å². The van der Waals surface area contributed by atoms with Gasteiger partial charge in [-0.25, -0.2) is 8.78 Å². The van der Waals surface area contributed by atoms with Crippen LogP contribution in [-0.2, 0) is 0 Å². The van der Waals surface area contributed by atoms with Gasteiger partial charge in [-0.3, -0.25) is 4.40 Å². The molecule has 5 nitrogen and oxygen atoms in total. The second kappa shape index (κ2) is 5.38. The van der Waals surface area contributed by atoms with Crippen LogP contribution in [0.3, 0.4) is 0 Å². The van der Waals surface area contributed by atoms with Gasteiger partial charge in [-0.15, -0.1) is 10.2 Å². The summed E-state index contributed by atoms with van der Waals surface area (Å²) in [5.74, 6) is -0.177. The van der Waals surface area contributed by atoms with Gasteiger partial charge in [-0.05, 0) is 30.3 Å². The summed E-state index contributed by atoms with van der Waals surface area (Å²) in [6.07, 6.45) is 1.48. The fourth-order valence-electron chi connectivity index (χ4n) is 2.61. The molecule has 0 saturated carbocycles. The van der Waals surface area contributed by atoms with Gasteiger partial charge in [0.2, 0.25) is 0 Å². The van der Waals surface area contributed by atoms with Crippen molar-refractivity contribution in [2.45, 2.75) is 0 Å². The van der Waals surface area contributed by atoms with E-state index in [0.29, 0.717) is 28.2 Å². The van der Waals surface area contributed by atoms with E-state index in [1.165, 1.54) is 30.6 Å². The Morgan fingerprint density at radius 1 is 1.17 bits per heavy atom. The number of fused-ring (bicyclic) bond motifs is 3. The third-order valence-electron chi connectivity index (χ3n) is 3.79. The van der Waals surface area contributed by atoms with Gasteiger partial charge in [-0.1, -0.05) is 17.7 Å². The summed E-state index contributed by atoms with van der Waals surface area (Å²) in [7, 11) is 1.72. The van der Waals surface area contributed by atoms with Gasteiger partial charge >= 0.3 is 0 Å². The van der Waals surface area contributed by atoms with Gasteiger partial charge in [0.15, 0.2) is 0 Å². The lowest BCUT2D eigenvalue weighted by Crippen LogP contribution is -2.13. The fourth-order valence-corrected chi connectivity index (χ4v) is 2.77. The average molecular weight is 346 g/mol. The molecule has 0 saturated heterocycles. The highest BCUT2D eigenvalue weighted by Gasteiger charge is 2.17. The molecule has 0 aliphatic rings. The second-order valence-corrected chi connectivity index (χ2v) is 5.67. The van der Waals surface area contributed by atoms with E-state index in [2.05, 4.69) is 15.2 Å². The third kappa shape index (κ3) is 2.25. The molecule has 0 atom stereocenters. The SMILES string of the molecule is CN(c1cccc(F)c1)c1nc2nncn2c2cc(Cl)c(F)cc12. The summed E-state index contributed by atoms with van der Waals surface area (Å²) >= 11 is 5.91. The Hall–Kier alpha value is -2.80. The predicted molar refractivity (Wildman–Crippen MR) is 87.7 cm³/mol. The highest BCUT2D eigenvalue weighted by molar-refractivity contribution is 6.31. The molecule has 4 rings (SSSR count). The number of rotatable bonds is 2. The molecular formula is C16H10ClF2N5. The van der Waals surface area contributed by atoms with Crippen molar-refractivity contribution in [3.8, 4) is 0 Å². The number of aromatic nitrogens is 4. The molecule has 2 aromatic carbocycles. The summed E-state index contributed by atoms with van der Waals surface area (Å²) < 4.78 is 29.1. The number of hydrogen-bond donors (Lipinski definition) is 0. The van der Waals surface area contributed by atoms with Crippen LogP contribution in [0.2, 0.25) is 5.02 Å². The first-order chi connectivity index (χ1) is 11.5. The minimum Gasteiger partial charge on any atom is -0.329 e. The zero-order valence-corrected chi connectivity index (χ0v) is 13.2. The van der Waals surface area contributed by atoms with Gasteiger partial charge in [0.25, 0.3) is 5.78 Å². The Morgan fingerprint density at radius 3 is 2.79 bits per heavy atom. The Bertz CT molecular complexity index is 1080. The molecule has 0 bridgehead atoms. The van der Waals surface area contributed by atoms with Gasteiger partial charge in [-0.2, -0.15) is 4.98 Å². The number of nitrogens with zero attached hydrogens (tertiary/aromatic N) is 5. The smallest absolute Gasteiger partial charge is 0.257 e. The van der Waals surface area contributed by atoms with E-state index in [4.69, 9.17) is 11.6 Å². The lowest BCUT2D eigenvalue weighted by molar-refractivity contribution is 0.627. The van der Waals surface area contributed by atoms with Crippen molar-refractivity contribution >= 4 is 39.8 Å². The normalized spacial score (nSPS) is 11.3. The maximum absolute atomic E-state index is 14.0. The quantitative estimate of drug-likeness (QED) is 0.551. The minimum absolute atomic E-state index is 0.0111. The highest BCUT2D eigenvalue weighted by Crippen LogP contribution is 2.32. The molecule has 0 radical (unpaired) electrons. The van der Waals surface area contributed by atoms with Gasteiger partial charge < -0.3 is 4.90 Å². The maximum Gasteiger partial charge on any atom is 0.257 e. The minimum atomic E-state index is -0.563. The first kappa shape index (κ1) is 14.8. The predicted octanol–water partition coefficient (Wildman–Crippen LogP) is 3.98. The number of benzene rings is 2. The zero-order valence-electron chi connectivity index (χ0n) is 12.4. The van der Waals surface area contributed by atoms with Crippen molar-refractivity contribution in [1.29, 1.82) is 0 Å². The molecule has 0 amide bonds. The van der Waals surface area contributed by atoms with Crippen LogP contribution in [0.1, 0.15) is 0 Å². The van der Waals surface area contributed by atoms with Crippen LogP contribution in [0.4, 0.5) is 20.3 Å². The molecule has 0 aliphatic carbocycles. The van der Waals surface area contributed by atoms with Crippen LogP contribution < -0.4 is 4.90 Å². The monoisotopic (exact) mass is 345 g/mol. The van der Waals surface area contributed by atoms with Crippen LogP contribution in [0.5, 0.6) is 0 Å². The molecule has 4 aromatic rings. The molecule has 0 unspecified atom stereocenters. The van der Waals surface area contributed by atoms with E-state index in [9.17, 15) is 8.78 Å². The maximum atomic E-state index is 14.0. The van der Waals surface area contributed by atoms with Crippen LogP contribution in [0.15, 0.2) is 42.7 Å². The largest absolute Gasteiger partial charge is 0.329 e. The highest BCUT2D eigenvalue weighted by atomic mass is 35.5. The van der Waals surface area contributed by atoms with Crippen molar-refractivity contribution in [2.24, 2.45) is 0 Å². The summed E-state index contributed by atoms with van der Waals surface area (Å²) in [6, 6.07) is 8.84. The van der Waals surface area contributed by atoms with Crippen LogP contribution in [0, 0.1) is 11.6 Å². The van der Waals surface area contributed by atoms with Crippen LogP contribution >= 0.6 is 11.6 Å². The summed E-state index contributed by atoms with van der Waals surface area (Å²) in [4.78, 5) is 6.08. The standard InChI is InChI=1S/C16H10ClF2N5/c1-23(10-4-2-3-9(18)5-10)15-11-6-13(19)12(17)7-14(11)24-8-20-22-16(24)21-15/h2-8H,1H3. The first-order valence-corrected chi connectivity index (χ1v) is 7.40. The molecule has 0 aliphatic heterocycles. The summed E-state index contributed by atoms with van der Waals surface area (Å²) in [5, 5.41) is 8.26. The summed E-state index contributed by atoms with van der Waals surface area (Å²) in [6.45, 7) is 0. The molecular weight excluding hydrogens is 336 g/mol. The van der Waals surface area contributed by atoms with Crippen LogP contribution in [-0.4, -0.2) is 26.6 Å². The fraction of sp³-hybridized carbons (Fsp3) is 0.0625. The Morgan fingerprint density at radius 2 is 2.00 bits per heavy atom. The molecule has 0 spiro atoms. The third-order valence-corrected chi connectivity index (χ3v) is 4.08. The average Bonchev–Trinajstić information content (AvgIpc) is 3.03. The molecule has 2 aromatic heterocycles. The van der Waals surface area contributed by atoms with E-state index in [1.54, 1.807) is 28.5 Å². The van der Waals surface area contributed by atoms with E-state index in [0.717, 1.165) is 0 Å². The lowest BCUT2D eigenvalue weighted by atomic mass is 10.2. The lowest BCUT2D eigenvalue weighted by Gasteiger charge is -2.20. The molecule has 2 heterocycles. The van der Waals surface area contributed by atoms with E-state index >= 15 is 0 Å². The number of hydrogen-bond acceptors (Lipinski definition) is 4. The number of halogens is 3. The van der Waals surface area contributed by atoms with E-state index in [-0.39, 0.29) is 10.8 Å². The van der Waals surface area contributed by atoms with Crippen LogP contribution in [0.25, 0.3) is 16.7 Å². The Labute approximate surface area is 140 Å². The molecule has 120 valence electrons. The Kier molecular flexibility index (Phi) is 3.31. The van der Waals surface area contributed by atoms with Crippen molar-refractivity contribution < 1.29 is 8.78 Å². The Balaban J connectivity index is 2.04. The van der Waals surface area contributed by atoms with E-state index in [1.807, 2.05) is 0 Å². The van der Waals surface area contributed by atoms with Gasteiger partial charge in [0.05, 0.1) is 10.5 Å². The molecule has 24 heavy (non-hydrogen) atoms. The zero-order chi connectivity index (χ0) is 16.8. The summed E-state index contributed by atoms with van der Waals surface area (Å²) in [5.41, 5.74) is 1.18.